The van der Waals surface area contributed by atoms with Gasteiger partial charge >= 0.3 is 0 Å². The minimum atomic E-state index is 0.209. The lowest BCUT2D eigenvalue weighted by Crippen LogP contribution is -2.51. The maximum Gasteiger partial charge on any atom is 0.223 e. The molecule has 0 spiro atoms. The van der Waals surface area contributed by atoms with Gasteiger partial charge in [-0.15, -0.1) is 0 Å². The van der Waals surface area contributed by atoms with E-state index < -0.39 is 0 Å². The summed E-state index contributed by atoms with van der Waals surface area (Å²) in [7, 11) is 0. The maximum absolute atomic E-state index is 12.6. The Morgan fingerprint density at radius 2 is 2.20 bits per heavy atom. The molecule has 3 unspecified atom stereocenters. The van der Waals surface area contributed by atoms with Crippen molar-refractivity contribution in [1.82, 2.24) is 9.88 Å². The number of carbonyl (C=O) groups excluding carboxylic acids is 1. The predicted molar refractivity (Wildman–Crippen MR) is 80.2 cm³/mol. The first-order valence-corrected chi connectivity index (χ1v) is 7.53. The molecular formula is C16H25N3O. The van der Waals surface area contributed by atoms with Crippen LogP contribution in [0.15, 0.2) is 24.5 Å². The van der Waals surface area contributed by atoms with E-state index in [1.165, 1.54) is 12.0 Å². The zero-order valence-electron chi connectivity index (χ0n) is 12.5. The van der Waals surface area contributed by atoms with Gasteiger partial charge < -0.3 is 10.6 Å². The van der Waals surface area contributed by atoms with Gasteiger partial charge in [0.15, 0.2) is 0 Å². The molecule has 110 valence electrons. The summed E-state index contributed by atoms with van der Waals surface area (Å²) in [6.07, 6.45) is 6.37. The summed E-state index contributed by atoms with van der Waals surface area (Å²) in [4.78, 5) is 18.6. The number of amides is 1. The van der Waals surface area contributed by atoms with E-state index in [2.05, 4.69) is 18.8 Å². The van der Waals surface area contributed by atoms with Crippen LogP contribution >= 0.6 is 0 Å². The van der Waals surface area contributed by atoms with Crippen molar-refractivity contribution in [3.63, 3.8) is 0 Å². The van der Waals surface area contributed by atoms with Crippen molar-refractivity contribution in [2.45, 2.75) is 45.1 Å². The number of rotatable bonds is 4. The smallest absolute Gasteiger partial charge is 0.223 e. The SMILES string of the molecule is CC(CC(=O)N1CCCC(C)C1CN)c1ccncc1. The molecule has 4 heteroatoms. The van der Waals surface area contributed by atoms with Gasteiger partial charge in [-0.1, -0.05) is 13.8 Å². The van der Waals surface area contributed by atoms with Gasteiger partial charge in [0.2, 0.25) is 5.91 Å². The molecule has 1 fully saturated rings. The number of carbonyl (C=O) groups is 1. The third-order valence-electron chi connectivity index (χ3n) is 4.43. The molecule has 2 N–H and O–H groups in total. The number of hydrogen-bond acceptors (Lipinski definition) is 3. The highest BCUT2D eigenvalue weighted by Crippen LogP contribution is 2.26. The molecule has 1 aliphatic rings. The van der Waals surface area contributed by atoms with E-state index in [-0.39, 0.29) is 17.9 Å². The molecule has 0 radical (unpaired) electrons. The van der Waals surface area contributed by atoms with Crippen LogP contribution < -0.4 is 5.73 Å². The Kier molecular flexibility index (Phi) is 5.12. The molecule has 1 aromatic heterocycles. The largest absolute Gasteiger partial charge is 0.338 e. The first-order chi connectivity index (χ1) is 9.63. The molecule has 2 heterocycles. The van der Waals surface area contributed by atoms with Crippen LogP contribution in [0.4, 0.5) is 0 Å². The number of pyridine rings is 1. The summed E-state index contributed by atoms with van der Waals surface area (Å²) in [5.74, 6) is 0.964. The molecule has 0 saturated carbocycles. The number of nitrogens with two attached hydrogens (primary N) is 1. The molecule has 0 aliphatic carbocycles. The molecule has 0 bridgehead atoms. The molecule has 1 saturated heterocycles. The molecule has 2 rings (SSSR count). The molecule has 1 aliphatic heterocycles. The number of hydrogen-bond donors (Lipinski definition) is 1. The van der Waals surface area contributed by atoms with Gasteiger partial charge in [0.25, 0.3) is 0 Å². The summed E-state index contributed by atoms with van der Waals surface area (Å²) < 4.78 is 0. The standard InChI is InChI=1S/C16H25N3O/c1-12-4-3-9-19(15(12)11-17)16(20)10-13(2)14-5-7-18-8-6-14/h5-8,12-13,15H,3-4,9-11,17H2,1-2H3. The Labute approximate surface area is 121 Å². The summed E-state index contributed by atoms with van der Waals surface area (Å²) in [6.45, 7) is 5.71. The van der Waals surface area contributed by atoms with E-state index >= 15 is 0 Å². The topological polar surface area (TPSA) is 59.2 Å². The minimum Gasteiger partial charge on any atom is -0.338 e. The van der Waals surface area contributed by atoms with Crippen molar-refractivity contribution in [2.24, 2.45) is 11.7 Å². The van der Waals surface area contributed by atoms with Gasteiger partial charge in [0.1, 0.15) is 0 Å². The monoisotopic (exact) mass is 275 g/mol. The van der Waals surface area contributed by atoms with E-state index in [1.54, 1.807) is 12.4 Å². The normalized spacial score (nSPS) is 24.4. The highest BCUT2D eigenvalue weighted by molar-refractivity contribution is 5.77. The Morgan fingerprint density at radius 1 is 1.50 bits per heavy atom. The van der Waals surface area contributed by atoms with Crippen molar-refractivity contribution < 1.29 is 4.79 Å². The lowest BCUT2D eigenvalue weighted by Gasteiger charge is -2.40. The highest BCUT2D eigenvalue weighted by Gasteiger charge is 2.31. The Hall–Kier alpha value is -1.42. The van der Waals surface area contributed by atoms with Crippen LogP contribution in [-0.2, 0) is 4.79 Å². The van der Waals surface area contributed by atoms with Crippen molar-refractivity contribution in [1.29, 1.82) is 0 Å². The second kappa shape index (κ2) is 6.84. The summed E-state index contributed by atoms with van der Waals surface area (Å²) >= 11 is 0. The van der Waals surface area contributed by atoms with Crippen LogP contribution in [0.1, 0.15) is 44.6 Å². The fourth-order valence-electron chi connectivity index (χ4n) is 3.11. The van der Waals surface area contributed by atoms with Gasteiger partial charge in [-0.25, -0.2) is 0 Å². The second-order valence-corrected chi connectivity index (χ2v) is 5.90. The lowest BCUT2D eigenvalue weighted by molar-refractivity contribution is -0.136. The minimum absolute atomic E-state index is 0.209. The van der Waals surface area contributed by atoms with E-state index in [4.69, 9.17) is 5.73 Å². The lowest BCUT2D eigenvalue weighted by atomic mass is 9.89. The number of likely N-dealkylation sites (tertiary alicyclic amines) is 1. The fourth-order valence-corrected chi connectivity index (χ4v) is 3.11. The van der Waals surface area contributed by atoms with E-state index in [0.29, 0.717) is 18.9 Å². The van der Waals surface area contributed by atoms with Crippen LogP contribution in [-0.4, -0.2) is 34.9 Å². The predicted octanol–water partition coefficient (Wildman–Crippen LogP) is 2.16. The maximum atomic E-state index is 12.6. The molecule has 1 amide bonds. The Balaban J connectivity index is 2.00. The quantitative estimate of drug-likeness (QED) is 0.916. The Bertz CT molecular complexity index is 435. The molecule has 20 heavy (non-hydrogen) atoms. The van der Waals surface area contributed by atoms with Gasteiger partial charge in [-0.3, -0.25) is 9.78 Å². The van der Waals surface area contributed by atoms with Crippen molar-refractivity contribution in [3.8, 4) is 0 Å². The third kappa shape index (κ3) is 3.37. The first kappa shape index (κ1) is 15.0. The van der Waals surface area contributed by atoms with Gasteiger partial charge in [0.05, 0.1) is 0 Å². The number of piperidine rings is 1. The Morgan fingerprint density at radius 3 is 2.85 bits per heavy atom. The van der Waals surface area contributed by atoms with Gasteiger partial charge in [-0.2, -0.15) is 0 Å². The van der Waals surface area contributed by atoms with Crippen LogP contribution in [0.2, 0.25) is 0 Å². The van der Waals surface area contributed by atoms with Crippen LogP contribution in [0.25, 0.3) is 0 Å². The summed E-state index contributed by atoms with van der Waals surface area (Å²) in [5, 5.41) is 0. The highest BCUT2D eigenvalue weighted by atomic mass is 16.2. The average molecular weight is 275 g/mol. The van der Waals surface area contributed by atoms with Crippen LogP contribution in [0.5, 0.6) is 0 Å². The van der Waals surface area contributed by atoms with Crippen LogP contribution in [0, 0.1) is 5.92 Å². The van der Waals surface area contributed by atoms with Crippen molar-refractivity contribution in [2.75, 3.05) is 13.1 Å². The number of nitrogens with zero attached hydrogens (tertiary/aromatic N) is 2. The first-order valence-electron chi connectivity index (χ1n) is 7.53. The fraction of sp³-hybridized carbons (Fsp3) is 0.625. The average Bonchev–Trinajstić information content (AvgIpc) is 2.47. The molecule has 0 aromatic carbocycles. The van der Waals surface area contributed by atoms with Crippen molar-refractivity contribution >= 4 is 5.91 Å². The summed E-state index contributed by atoms with van der Waals surface area (Å²) in [5.41, 5.74) is 7.03. The zero-order valence-corrected chi connectivity index (χ0v) is 12.5. The van der Waals surface area contributed by atoms with Gasteiger partial charge in [0, 0.05) is 37.9 Å². The van der Waals surface area contributed by atoms with E-state index in [1.807, 2.05) is 17.0 Å². The number of aromatic nitrogens is 1. The van der Waals surface area contributed by atoms with Crippen molar-refractivity contribution in [3.05, 3.63) is 30.1 Å². The summed E-state index contributed by atoms with van der Waals surface area (Å²) in [6, 6.07) is 4.18. The molecule has 4 nitrogen and oxygen atoms in total. The zero-order chi connectivity index (χ0) is 14.5. The van der Waals surface area contributed by atoms with Gasteiger partial charge in [-0.05, 0) is 42.4 Å². The second-order valence-electron chi connectivity index (χ2n) is 5.90. The molecular weight excluding hydrogens is 250 g/mol. The van der Waals surface area contributed by atoms with Crippen LogP contribution in [0.3, 0.4) is 0 Å². The molecule has 1 aromatic rings. The third-order valence-corrected chi connectivity index (χ3v) is 4.43. The van der Waals surface area contributed by atoms with E-state index in [0.717, 1.165) is 13.0 Å². The van der Waals surface area contributed by atoms with E-state index in [9.17, 15) is 4.79 Å². The molecule has 3 atom stereocenters.